The van der Waals surface area contributed by atoms with Gasteiger partial charge in [-0.15, -0.1) is 0 Å². The second kappa shape index (κ2) is 8.92. The Morgan fingerprint density at radius 3 is 2.62 bits per heavy atom. The van der Waals surface area contributed by atoms with Crippen LogP contribution >= 0.6 is 0 Å². The first-order valence-corrected chi connectivity index (χ1v) is 11.1. The first-order chi connectivity index (χ1) is 13.8. The van der Waals surface area contributed by atoms with Crippen molar-refractivity contribution in [2.24, 2.45) is 5.92 Å². The van der Waals surface area contributed by atoms with Crippen molar-refractivity contribution in [1.29, 1.82) is 0 Å². The molecule has 1 fully saturated rings. The van der Waals surface area contributed by atoms with Gasteiger partial charge in [0.2, 0.25) is 15.9 Å². The smallest absolute Gasteiger partial charge is 0.243 e. The molecule has 6 nitrogen and oxygen atoms in total. The summed E-state index contributed by atoms with van der Waals surface area (Å²) in [6, 6.07) is 10.8. The summed E-state index contributed by atoms with van der Waals surface area (Å²) in [5, 5.41) is 2.70. The van der Waals surface area contributed by atoms with E-state index in [9.17, 15) is 17.6 Å². The molecular weight excluding hydrogens is 395 g/mol. The number of halogens is 1. The Bertz CT molecular complexity index is 977. The number of nitrogens with one attached hydrogen (secondary N) is 1. The Morgan fingerprint density at radius 1 is 1.24 bits per heavy atom. The highest BCUT2D eigenvalue weighted by Gasteiger charge is 2.33. The fourth-order valence-electron chi connectivity index (χ4n) is 3.31. The summed E-state index contributed by atoms with van der Waals surface area (Å²) in [4.78, 5) is 12.8. The van der Waals surface area contributed by atoms with E-state index in [2.05, 4.69) is 5.32 Å². The SMILES string of the molecule is CCOc1ccc(S(=O)(=O)N2CCC[C@H](C(=O)Nc3ccc(C)c(F)c3)C2)cc1. The zero-order valence-electron chi connectivity index (χ0n) is 16.5. The van der Waals surface area contributed by atoms with Crippen molar-refractivity contribution in [2.45, 2.75) is 31.6 Å². The molecular formula is C21H25FN2O4S. The molecule has 0 unspecified atom stereocenters. The van der Waals surface area contributed by atoms with Gasteiger partial charge in [-0.25, -0.2) is 12.8 Å². The molecule has 1 saturated heterocycles. The molecule has 0 bridgehead atoms. The average Bonchev–Trinajstić information content (AvgIpc) is 2.71. The molecule has 1 aliphatic rings. The molecule has 0 aliphatic carbocycles. The summed E-state index contributed by atoms with van der Waals surface area (Å²) in [5.74, 6) is -0.593. The van der Waals surface area contributed by atoms with Gasteiger partial charge in [-0.05, 0) is 68.7 Å². The molecule has 156 valence electrons. The molecule has 2 aromatic rings. The molecule has 0 radical (unpaired) electrons. The van der Waals surface area contributed by atoms with Gasteiger partial charge in [0.15, 0.2) is 0 Å². The lowest BCUT2D eigenvalue weighted by atomic mass is 9.98. The first-order valence-electron chi connectivity index (χ1n) is 9.61. The van der Waals surface area contributed by atoms with Crippen LogP contribution in [0.3, 0.4) is 0 Å². The van der Waals surface area contributed by atoms with Crippen LogP contribution in [0.4, 0.5) is 10.1 Å². The maximum absolute atomic E-state index is 13.7. The third-order valence-electron chi connectivity index (χ3n) is 4.97. The van der Waals surface area contributed by atoms with Gasteiger partial charge in [0.25, 0.3) is 0 Å². The van der Waals surface area contributed by atoms with E-state index in [0.717, 1.165) is 0 Å². The third kappa shape index (κ3) is 4.94. The van der Waals surface area contributed by atoms with Gasteiger partial charge in [0.05, 0.1) is 17.4 Å². The van der Waals surface area contributed by atoms with E-state index in [1.54, 1.807) is 31.2 Å². The van der Waals surface area contributed by atoms with E-state index in [-0.39, 0.29) is 17.3 Å². The van der Waals surface area contributed by atoms with Crippen LogP contribution in [0.15, 0.2) is 47.4 Å². The maximum atomic E-state index is 13.7. The summed E-state index contributed by atoms with van der Waals surface area (Å²) in [6.07, 6.45) is 1.16. The topological polar surface area (TPSA) is 75.7 Å². The molecule has 0 spiro atoms. The minimum absolute atomic E-state index is 0.0930. The Hall–Kier alpha value is -2.45. The van der Waals surface area contributed by atoms with Crippen LogP contribution < -0.4 is 10.1 Å². The number of anilines is 1. The highest BCUT2D eigenvalue weighted by Crippen LogP contribution is 2.26. The number of sulfonamides is 1. The Kier molecular flexibility index (Phi) is 6.54. The molecule has 1 atom stereocenters. The molecule has 2 aromatic carbocycles. The molecule has 1 aliphatic heterocycles. The summed E-state index contributed by atoms with van der Waals surface area (Å²) in [6.45, 7) is 4.45. The second-order valence-corrected chi connectivity index (χ2v) is 9.00. The quantitative estimate of drug-likeness (QED) is 0.775. The fourth-order valence-corrected chi connectivity index (χ4v) is 4.84. The molecule has 29 heavy (non-hydrogen) atoms. The highest BCUT2D eigenvalue weighted by molar-refractivity contribution is 7.89. The molecule has 1 amide bonds. The van der Waals surface area contributed by atoms with Crippen molar-refractivity contribution >= 4 is 21.6 Å². The van der Waals surface area contributed by atoms with E-state index >= 15 is 0 Å². The number of carbonyl (C=O) groups is 1. The van der Waals surface area contributed by atoms with Gasteiger partial charge in [-0.3, -0.25) is 4.79 Å². The second-order valence-electron chi connectivity index (χ2n) is 7.06. The van der Waals surface area contributed by atoms with Gasteiger partial charge < -0.3 is 10.1 Å². The van der Waals surface area contributed by atoms with Crippen molar-refractivity contribution in [2.75, 3.05) is 25.0 Å². The van der Waals surface area contributed by atoms with Crippen LogP contribution in [0.5, 0.6) is 5.75 Å². The zero-order chi connectivity index (χ0) is 21.0. The van der Waals surface area contributed by atoms with Crippen LogP contribution in [0, 0.1) is 18.7 Å². The van der Waals surface area contributed by atoms with E-state index in [4.69, 9.17) is 4.74 Å². The van der Waals surface area contributed by atoms with Crippen LogP contribution in [0.25, 0.3) is 0 Å². The molecule has 0 saturated carbocycles. The van der Waals surface area contributed by atoms with Crippen LogP contribution in [0.1, 0.15) is 25.3 Å². The van der Waals surface area contributed by atoms with Gasteiger partial charge in [0.1, 0.15) is 11.6 Å². The van der Waals surface area contributed by atoms with Crippen molar-refractivity contribution in [3.05, 3.63) is 53.8 Å². The fraction of sp³-hybridized carbons (Fsp3) is 0.381. The summed E-state index contributed by atoms with van der Waals surface area (Å²) in [5.41, 5.74) is 0.859. The number of hydrogen-bond donors (Lipinski definition) is 1. The van der Waals surface area contributed by atoms with Crippen molar-refractivity contribution < 1.29 is 22.3 Å². The number of benzene rings is 2. The lowest BCUT2D eigenvalue weighted by Crippen LogP contribution is -2.43. The average molecular weight is 421 g/mol. The van der Waals surface area contributed by atoms with Crippen LogP contribution in [0.2, 0.25) is 0 Å². The third-order valence-corrected chi connectivity index (χ3v) is 6.85. The Labute approximate surface area is 170 Å². The predicted molar refractivity (Wildman–Crippen MR) is 109 cm³/mol. The maximum Gasteiger partial charge on any atom is 0.243 e. The number of amides is 1. The van der Waals surface area contributed by atoms with E-state index in [0.29, 0.717) is 43.0 Å². The van der Waals surface area contributed by atoms with Gasteiger partial charge in [-0.2, -0.15) is 4.31 Å². The molecule has 1 heterocycles. The van der Waals surface area contributed by atoms with Gasteiger partial charge >= 0.3 is 0 Å². The van der Waals surface area contributed by atoms with Gasteiger partial charge in [-0.1, -0.05) is 6.07 Å². The summed E-state index contributed by atoms with van der Waals surface area (Å²) < 4.78 is 46.3. The van der Waals surface area contributed by atoms with Crippen molar-refractivity contribution in [3.8, 4) is 5.75 Å². The van der Waals surface area contributed by atoms with E-state index < -0.39 is 21.8 Å². The summed E-state index contributed by atoms with van der Waals surface area (Å²) in [7, 11) is -3.71. The van der Waals surface area contributed by atoms with E-state index in [1.807, 2.05) is 6.92 Å². The standard InChI is InChI=1S/C21H25FN2O4S/c1-3-28-18-8-10-19(11-9-18)29(26,27)24-12-4-5-16(14-24)21(25)23-17-7-6-15(2)20(22)13-17/h6-11,13,16H,3-5,12,14H2,1-2H3,(H,23,25)/t16-/m0/s1. The van der Waals surface area contributed by atoms with E-state index in [1.165, 1.54) is 22.5 Å². The molecule has 0 aromatic heterocycles. The lowest BCUT2D eigenvalue weighted by molar-refractivity contribution is -0.120. The van der Waals surface area contributed by atoms with Crippen molar-refractivity contribution in [3.63, 3.8) is 0 Å². The minimum atomic E-state index is -3.71. The Balaban J connectivity index is 1.70. The van der Waals surface area contributed by atoms with Crippen LogP contribution in [-0.2, 0) is 14.8 Å². The Morgan fingerprint density at radius 2 is 1.97 bits per heavy atom. The molecule has 1 N–H and O–H groups in total. The highest BCUT2D eigenvalue weighted by atomic mass is 32.2. The van der Waals surface area contributed by atoms with Crippen LogP contribution in [-0.4, -0.2) is 38.3 Å². The number of nitrogens with zero attached hydrogens (tertiary/aromatic N) is 1. The lowest BCUT2D eigenvalue weighted by Gasteiger charge is -2.31. The number of aryl methyl sites for hydroxylation is 1. The zero-order valence-corrected chi connectivity index (χ0v) is 17.3. The summed E-state index contributed by atoms with van der Waals surface area (Å²) >= 11 is 0. The number of piperidine rings is 1. The number of rotatable bonds is 6. The largest absolute Gasteiger partial charge is 0.494 e. The normalized spacial score (nSPS) is 17.7. The van der Waals surface area contributed by atoms with Crippen molar-refractivity contribution in [1.82, 2.24) is 4.31 Å². The van der Waals surface area contributed by atoms with Gasteiger partial charge in [0, 0.05) is 18.8 Å². The number of carbonyl (C=O) groups excluding carboxylic acids is 1. The number of hydrogen-bond acceptors (Lipinski definition) is 4. The minimum Gasteiger partial charge on any atom is -0.494 e. The predicted octanol–water partition coefficient (Wildman–Crippen LogP) is 3.57. The molecule has 8 heteroatoms. The molecule has 3 rings (SSSR count). The first kappa shape index (κ1) is 21.3. The monoisotopic (exact) mass is 420 g/mol. The number of ether oxygens (including phenoxy) is 1.